The molecule has 17 heavy (non-hydrogen) atoms. The Labute approximate surface area is 102 Å². The largest absolute Gasteiger partial charge is 0.481 e. The number of nitrogens with one attached hydrogen (secondary N) is 1. The first-order valence-corrected chi connectivity index (χ1v) is 6.13. The molecule has 1 aromatic heterocycles. The van der Waals surface area contributed by atoms with Crippen molar-refractivity contribution in [1.29, 1.82) is 0 Å². The first-order valence-electron chi connectivity index (χ1n) is 6.13. The van der Waals surface area contributed by atoms with Crippen LogP contribution in [0, 0.1) is 0 Å². The van der Waals surface area contributed by atoms with Crippen molar-refractivity contribution in [3.8, 4) is 5.88 Å². The SMILES string of the molecule is COc1cc(CNCC2(O)CCCC2)nn1C. The van der Waals surface area contributed by atoms with Gasteiger partial charge in [-0.2, -0.15) is 5.10 Å². The molecule has 2 N–H and O–H groups in total. The summed E-state index contributed by atoms with van der Waals surface area (Å²) in [6.07, 6.45) is 4.09. The van der Waals surface area contributed by atoms with Crippen LogP contribution in [0.4, 0.5) is 0 Å². The molecule has 1 aliphatic rings. The number of nitrogens with zero attached hydrogens (tertiary/aromatic N) is 2. The van der Waals surface area contributed by atoms with Crippen LogP contribution in [0.2, 0.25) is 0 Å². The van der Waals surface area contributed by atoms with Crippen molar-refractivity contribution in [2.45, 2.75) is 37.8 Å². The van der Waals surface area contributed by atoms with E-state index in [1.807, 2.05) is 13.1 Å². The second-order valence-corrected chi connectivity index (χ2v) is 4.84. The molecule has 0 spiro atoms. The van der Waals surface area contributed by atoms with E-state index < -0.39 is 5.60 Å². The quantitative estimate of drug-likeness (QED) is 0.799. The number of ether oxygens (including phenoxy) is 1. The van der Waals surface area contributed by atoms with Gasteiger partial charge < -0.3 is 15.2 Å². The molecule has 1 aromatic rings. The summed E-state index contributed by atoms with van der Waals surface area (Å²) in [5.74, 6) is 0.751. The third-order valence-electron chi connectivity index (χ3n) is 3.39. The fourth-order valence-corrected chi connectivity index (χ4v) is 2.42. The maximum Gasteiger partial charge on any atom is 0.211 e. The molecule has 2 rings (SSSR count). The van der Waals surface area contributed by atoms with E-state index in [2.05, 4.69) is 10.4 Å². The molecule has 0 unspecified atom stereocenters. The smallest absolute Gasteiger partial charge is 0.211 e. The highest BCUT2D eigenvalue weighted by atomic mass is 16.5. The van der Waals surface area contributed by atoms with Gasteiger partial charge in [0.2, 0.25) is 5.88 Å². The zero-order chi connectivity index (χ0) is 12.3. The molecular weight excluding hydrogens is 218 g/mol. The zero-order valence-corrected chi connectivity index (χ0v) is 10.6. The van der Waals surface area contributed by atoms with Gasteiger partial charge in [-0.25, -0.2) is 4.68 Å². The maximum atomic E-state index is 10.2. The Kier molecular flexibility index (Phi) is 3.69. The standard InChI is InChI=1S/C12H21N3O2/c1-15-11(17-2)7-10(14-15)8-13-9-12(16)5-3-4-6-12/h7,13,16H,3-6,8-9H2,1-2H3. The average molecular weight is 239 g/mol. The Balaban J connectivity index is 1.81. The molecule has 1 fully saturated rings. The molecule has 0 saturated heterocycles. The van der Waals surface area contributed by atoms with Crippen molar-refractivity contribution >= 4 is 0 Å². The molecule has 5 nitrogen and oxygen atoms in total. The Hall–Kier alpha value is -1.07. The Morgan fingerprint density at radius 1 is 1.53 bits per heavy atom. The van der Waals surface area contributed by atoms with Crippen LogP contribution in [0.1, 0.15) is 31.4 Å². The second-order valence-electron chi connectivity index (χ2n) is 4.84. The molecule has 96 valence electrons. The van der Waals surface area contributed by atoms with Crippen LogP contribution >= 0.6 is 0 Å². The number of hydrogen-bond donors (Lipinski definition) is 2. The fraction of sp³-hybridized carbons (Fsp3) is 0.750. The van der Waals surface area contributed by atoms with Gasteiger partial charge in [0.1, 0.15) is 0 Å². The van der Waals surface area contributed by atoms with Crippen molar-refractivity contribution in [1.82, 2.24) is 15.1 Å². The molecule has 5 heteroatoms. The number of rotatable bonds is 5. The molecule has 0 radical (unpaired) electrons. The van der Waals surface area contributed by atoms with Crippen LogP contribution in [-0.4, -0.2) is 34.1 Å². The molecule has 1 aliphatic carbocycles. The summed E-state index contributed by atoms with van der Waals surface area (Å²) < 4.78 is 6.86. The lowest BCUT2D eigenvalue weighted by atomic mass is 10.0. The third kappa shape index (κ3) is 2.98. The molecule has 0 aromatic carbocycles. The van der Waals surface area contributed by atoms with Gasteiger partial charge >= 0.3 is 0 Å². The molecule has 0 aliphatic heterocycles. The van der Waals surface area contributed by atoms with Crippen LogP contribution in [0.3, 0.4) is 0 Å². The molecule has 0 atom stereocenters. The lowest BCUT2D eigenvalue weighted by Crippen LogP contribution is -2.37. The van der Waals surface area contributed by atoms with E-state index in [0.29, 0.717) is 13.1 Å². The summed E-state index contributed by atoms with van der Waals surface area (Å²) in [4.78, 5) is 0. The van der Waals surface area contributed by atoms with Crippen LogP contribution in [0.25, 0.3) is 0 Å². The predicted octanol–water partition coefficient (Wildman–Crippen LogP) is 0.823. The van der Waals surface area contributed by atoms with E-state index in [0.717, 1.165) is 37.3 Å². The van der Waals surface area contributed by atoms with Gasteiger partial charge in [-0.05, 0) is 12.8 Å². The number of aryl methyl sites for hydroxylation is 1. The normalized spacial score (nSPS) is 18.5. The minimum Gasteiger partial charge on any atom is -0.481 e. The van der Waals surface area contributed by atoms with E-state index in [9.17, 15) is 5.11 Å². The number of methoxy groups -OCH3 is 1. The van der Waals surface area contributed by atoms with Gasteiger partial charge in [0.15, 0.2) is 0 Å². The van der Waals surface area contributed by atoms with E-state index >= 15 is 0 Å². The highest BCUT2D eigenvalue weighted by Crippen LogP contribution is 2.28. The Morgan fingerprint density at radius 2 is 2.24 bits per heavy atom. The highest BCUT2D eigenvalue weighted by molar-refractivity contribution is 5.15. The Bertz CT molecular complexity index is 370. The molecule has 1 heterocycles. The molecular formula is C12H21N3O2. The predicted molar refractivity (Wildman–Crippen MR) is 64.9 cm³/mol. The maximum absolute atomic E-state index is 10.2. The van der Waals surface area contributed by atoms with E-state index in [1.54, 1.807) is 11.8 Å². The minimum absolute atomic E-state index is 0.501. The molecule has 0 amide bonds. The zero-order valence-electron chi connectivity index (χ0n) is 10.6. The summed E-state index contributed by atoms with van der Waals surface area (Å²) >= 11 is 0. The van der Waals surface area contributed by atoms with Crippen molar-refractivity contribution in [3.63, 3.8) is 0 Å². The van der Waals surface area contributed by atoms with Gasteiger partial charge in [-0.3, -0.25) is 0 Å². The topological polar surface area (TPSA) is 59.3 Å². The van der Waals surface area contributed by atoms with Crippen molar-refractivity contribution in [3.05, 3.63) is 11.8 Å². The van der Waals surface area contributed by atoms with Crippen LogP contribution in [-0.2, 0) is 13.6 Å². The van der Waals surface area contributed by atoms with Gasteiger partial charge in [-0.15, -0.1) is 0 Å². The summed E-state index contributed by atoms with van der Waals surface area (Å²) in [5.41, 5.74) is 0.435. The summed E-state index contributed by atoms with van der Waals surface area (Å²) in [6, 6.07) is 1.91. The van der Waals surface area contributed by atoms with Crippen molar-refractivity contribution in [2.75, 3.05) is 13.7 Å². The van der Waals surface area contributed by atoms with Crippen LogP contribution < -0.4 is 10.1 Å². The lowest BCUT2D eigenvalue weighted by molar-refractivity contribution is 0.0474. The van der Waals surface area contributed by atoms with E-state index in [-0.39, 0.29) is 0 Å². The first-order chi connectivity index (χ1) is 8.13. The molecule has 1 saturated carbocycles. The van der Waals surface area contributed by atoms with Gasteiger partial charge in [0.05, 0.1) is 18.4 Å². The van der Waals surface area contributed by atoms with E-state index in [1.165, 1.54) is 0 Å². The number of aliphatic hydroxyl groups is 1. The van der Waals surface area contributed by atoms with Crippen LogP contribution in [0.5, 0.6) is 5.88 Å². The van der Waals surface area contributed by atoms with Crippen molar-refractivity contribution in [2.24, 2.45) is 7.05 Å². The van der Waals surface area contributed by atoms with E-state index in [4.69, 9.17) is 4.74 Å². The second kappa shape index (κ2) is 5.06. The average Bonchev–Trinajstić information content (AvgIpc) is 2.86. The lowest BCUT2D eigenvalue weighted by Gasteiger charge is -2.22. The Morgan fingerprint density at radius 3 is 2.82 bits per heavy atom. The fourth-order valence-electron chi connectivity index (χ4n) is 2.42. The monoisotopic (exact) mass is 239 g/mol. The summed E-state index contributed by atoms with van der Waals surface area (Å²) in [6.45, 7) is 1.31. The minimum atomic E-state index is -0.501. The summed E-state index contributed by atoms with van der Waals surface area (Å²) in [7, 11) is 3.49. The van der Waals surface area contributed by atoms with Gasteiger partial charge in [0.25, 0.3) is 0 Å². The molecule has 0 bridgehead atoms. The summed E-state index contributed by atoms with van der Waals surface area (Å²) in [5, 5.41) is 17.7. The van der Waals surface area contributed by atoms with Gasteiger partial charge in [-0.1, -0.05) is 12.8 Å². The van der Waals surface area contributed by atoms with Crippen LogP contribution in [0.15, 0.2) is 6.07 Å². The third-order valence-corrected chi connectivity index (χ3v) is 3.39. The highest BCUT2D eigenvalue weighted by Gasteiger charge is 2.30. The number of aromatic nitrogens is 2. The van der Waals surface area contributed by atoms with Crippen molar-refractivity contribution < 1.29 is 9.84 Å². The first kappa shape index (κ1) is 12.4. The van der Waals surface area contributed by atoms with Gasteiger partial charge in [0, 0.05) is 26.2 Å². The number of hydrogen-bond acceptors (Lipinski definition) is 4.